The SMILES string of the molecule is CCOc1cc(C(=O)NCc2nc(-c3ccc(OC)cc3)no2)cc(OCC)c1OCC. The summed E-state index contributed by atoms with van der Waals surface area (Å²) in [6, 6.07) is 10.5. The first-order valence-corrected chi connectivity index (χ1v) is 10.4. The minimum Gasteiger partial charge on any atom is -0.497 e. The number of nitrogens with one attached hydrogen (secondary N) is 1. The lowest BCUT2D eigenvalue weighted by molar-refractivity contribution is 0.0945. The highest BCUT2D eigenvalue weighted by Gasteiger charge is 2.19. The lowest BCUT2D eigenvalue weighted by atomic mass is 10.1. The van der Waals surface area contributed by atoms with Crippen molar-refractivity contribution in [2.24, 2.45) is 0 Å². The van der Waals surface area contributed by atoms with Gasteiger partial charge in [0.1, 0.15) is 5.75 Å². The molecule has 1 N–H and O–H groups in total. The molecule has 0 aliphatic rings. The van der Waals surface area contributed by atoms with E-state index < -0.39 is 0 Å². The molecule has 3 rings (SSSR count). The largest absolute Gasteiger partial charge is 0.497 e. The number of hydrogen-bond donors (Lipinski definition) is 1. The highest BCUT2D eigenvalue weighted by molar-refractivity contribution is 5.95. The molecule has 0 spiro atoms. The summed E-state index contributed by atoms with van der Waals surface area (Å²) in [5.74, 6) is 2.49. The van der Waals surface area contributed by atoms with Gasteiger partial charge in [-0.1, -0.05) is 5.16 Å². The lowest BCUT2D eigenvalue weighted by Gasteiger charge is -2.17. The second-order valence-electron chi connectivity index (χ2n) is 6.52. The van der Waals surface area contributed by atoms with Gasteiger partial charge < -0.3 is 28.8 Å². The summed E-state index contributed by atoms with van der Waals surface area (Å²) < 4.78 is 27.4. The van der Waals surface area contributed by atoms with Crippen molar-refractivity contribution in [3.8, 4) is 34.4 Å². The Kier molecular flexibility index (Phi) is 7.91. The highest BCUT2D eigenvalue weighted by Crippen LogP contribution is 2.39. The van der Waals surface area contributed by atoms with Crippen molar-refractivity contribution in [2.75, 3.05) is 26.9 Å². The maximum Gasteiger partial charge on any atom is 0.251 e. The second-order valence-corrected chi connectivity index (χ2v) is 6.52. The Bertz CT molecular complexity index is 1010. The van der Waals surface area contributed by atoms with E-state index in [0.29, 0.717) is 48.5 Å². The molecule has 9 nitrogen and oxygen atoms in total. The number of benzene rings is 2. The smallest absolute Gasteiger partial charge is 0.251 e. The number of nitrogens with zero attached hydrogens (tertiary/aromatic N) is 2. The molecule has 0 fully saturated rings. The van der Waals surface area contributed by atoms with Crippen LogP contribution in [0.2, 0.25) is 0 Å². The summed E-state index contributed by atoms with van der Waals surface area (Å²) in [5, 5.41) is 6.75. The molecule has 170 valence electrons. The van der Waals surface area contributed by atoms with E-state index in [0.717, 1.165) is 11.3 Å². The Morgan fingerprint density at radius 1 is 0.969 bits per heavy atom. The molecular formula is C23H27N3O6. The maximum atomic E-state index is 12.8. The molecule has 0 radical (unpaired) electrons. The third kappa shape index (κ3) is 5.48. The topological polar surface area (TPSA) is 105 Å². The molecule has 0 aliphatic carbocycles. The van der Waals surface area contributed by atoms with Gasteiger partial charge in [0.15, 0.2) is 11.5 Å². The fourth-order valence-corrected chi connectivity index (χ4v) is 2.96. The van der Waals surface area contributed by atoms with Crippen LogP contribution in [0.3, 0.4) is 0 Å². The van der Waals surface area contributed by atoms with Gasteiger partial charge in [0.05, 0.1) is 33.5 Å². The summed E-state index contributed by atoms with van der Waals surface area (Å²) >= 11 is 0. The minimum absolute atomic E-state index is 0.0726. The zero-order chi connectivity index (χ0) is 22.9. The van der Waals surface area contributed by atoms with Gasteiger partial charge in [-0.25, -0.2) is 0 Å². The van der Waals surface area contributed by atoms with Gasteiger partial charge in [-0.2, -0.15) is 4.98 Å². The highest BCUT2D eigenvalue weighted by atomic mass is 16.5. The van der Waals surface area contributed by atoms with E-state index in [9.17, 15) is 4.79 Å². The summed E-state index contributed by atoms with van der Waals surface area (Å²) in [4.78, 5) is 17.1. The standard InChI is InChI=1S/C23H27N3O6/c1-5-29-18-12-16(13-19(30-6-2)21(18)31-7-3)23(27)24-14-20-25-22(26-32-20)15-8-10-17(28-4)11-9-15/h8-13H,5-7,14H2,1-4H3,(H,24,27). The Balaban J connectivity index is 1.73. The molecule has 0 bridgehead atoms. The van der Waals surface area contributed by atoms with Gasteiger partial charge in [0.25, 0.3) is 5.91 Å². The minimum atomic E-state index is -0.334. The van der Waals surface area contributed by atoms with Crippen LogP contribution < -0.4 is 24.3 Å². The van der Waals surface area contributed by atoms with Crippen LogP contribution in [0.25, 0.3) is 11.4 Å². The molecule has 0 saturated heterocycles. The van der Waals surface area contributed by atoms with Gasteiger partial charge in [-0.05, 0) is 57.2 Å². The number of carbonyl (C=O) groups excluding carboxylic acids is 1. The average molecular weight is 441 g/mol. The number of aromatic nitrogens is 2. The molecular weight excluding hydrogens is 414 g/mol. The maximum absolute atomic E-state index is 12.8. The van der Waals surface area contributed by atoms with Crippen molar-refractivity contribution in [1.29, 1.82) is 0 Å². The first-order valence-electron chi connectivity index (χ1n) is 10.4. The zero-order valence-corrected chi connectivity index (χ0v) is 18.6. The van der Waals surface area contributed by atoms with E-state index in [1.165, 1.54) is 0 Å². The number of ether oxygens (including phenoxy) is 4. The molecule has 0 aliphatic heterocycles. The van der Waals surface area contributed by atoms with Crippen molar-refractivity contribution >= 4 is 5.91 Å². The van der Waals surface area contributed by atoms with Crippen molar-refractivity contribution in [1.82, 2.24) is 15.5 Å². The third-order valence-corrected chi connectivity index (χ3v) is 4.39. The van der Waals surface area contributed by atoms with Crippen LogP contribution in [0.5, 0.6) is 23.0 Å². The Morgan fingerprint density at radius 2 is 1.59 bits per heavy atom. The lowest BCUT2D eigenvalue weighted by Crippen LogP contribution is -2.23. The van der Waals surface area contributed by atoms with E-state index in [4.69, 9.17) is 23.5 Å². The molecule has 1 heterocycles. The molecule has 0 unspecified atom stereocenters. The average Bonchev–Trinajstić information content (AvgIpc) is 3.29. The fourth-order valence-electron chi connectivity index (χ4n) is 2.96. The summed E-state index contributed by atoms with van der Waals surface area (Å²) in [6.07, 6.45) is 0. The van der Waals surface area contributed by atoms with E-state index in [1.54, 1.807) is 19.2 Å². The monoisotopic (exact) mass is 441 g/mol. The molecule has 3 aromatic rings. The van der Waals surface area contributed by atoms with Crippen LogP contribution in [0.1, 0.15) is 37.0 Å². The van der Waals surface area contributed by atoms with Crippen LogP contribution in [-0.4, -0.2) is 43.0 Å². The summed E-state index contributed by atoms with van der Waals surface area (Å²) in [6.45, 7) is 6.95. The van der Waals surface area contributed by atoms with E-state index in [-0.39, 0.29) is 18.3 Å². The first-order chi connectivity index (χ1) is 15.6. The first kappa shape index (κ1) is 22.9. The van der Waals surface area contributed by atoms with E-state index in [1.807, 2.05) is 45.0 Å². The van der Waals surface area contributed by atoms with Crippen LogP contribution in [0.15, 0.2) is 40.9 Å². The van der Waals surface area contributed by atoms with Crippen molar-refractivity contribution in [2.45, 2.75) is 27.3 Å². The van der Waals surface area contributed by atoms with Crippen LogP contribution >= 0.6 is 0 Å². The fraction of sp³-hybridized carbons (Fsp3) is 0.348. The number of amides is 1. The predicted octanol–water partition coefficient (Wildman–Crippen LogP) is 3.87. The Hall–Kier alpha value is -3.75. The Labute approximate surface area is 186 Å². The quantitative estimate of drug-likeness (QED) is 0.478. The van der Waals surface area contributed by atoms with Crippen molar-refractivity contribution < 1.29 is 28.3 Å². The molecule has 2 aromatic carbocycles. The normalized spacial score (nSPS) is 10.5. The van der Waals surface area contributed by atoms with Gasteiger partial charge in [-0.3, -0.25) is 4.79 Å². The number of carbonyl (C=O) groups is 1. The number of rotatable bonds is 11. The third-order valence-electron chi connectivity index (χ3n) is 4.39. The van der Waals surface area contributed by atoms with E-state index in [2.05, 4.69) is 15.5 Å². The summed E-state index contributed by atoms with van der Waals surface area (Å²) in [7, 11) is 1.60. The molecule has 1 aromatic heterocycles. The van der Waals surface area contributed by atoms with Crippen LogP contribution in [0, 0.1) is 0 Å². The molecule has 0 atom stereocenters. The second kappa shape index (κ2) is 11.0. The van der Waals surface area contributed by atoms with Gasteiger partial charge in [-0.15, -0.1) is 0 Å². The summed E-state index contributed by atoms with van der Waals surface area (Å²) in [5.41, 5.74) is 1.15. The van der Waals surface area contributed by atoms with E-state index >= 15 is 0 Å². The van der Waals surface area contributed by atoms with Crippen LogP contribution in [-0.2, 0) is 6.54 Å². The number of hydrogen-bond acceptors (Lipinski definition) is 8. The van der Waals surface area contributed by atoms with Crippen LogP contribution in [0.4, 0.5) is 0 Å². The van der Waals surface area contributed by atoms with Gasteiger partial charge in [0, 0.05) is 11.1 Å². The molecule has 0 saturated carbocycles. The van der Waals surface area contributed by atoms with Gasteiger partial charge in [0.2, 0.25) is 17.5 Å². The zero-order valence-electron chi connectivity index (χ0n) is 18.6. The van der Waals surface area contributed by atoms with Gasteiger partial charge >= 0.3 is 0 Å². The molecule has 9 heteroatoms. The van der Waals surface area contributed by atoms with Crippen molar-refractivity contribution in [3.63, 3.8) is 0 Å². The number of methoxy groups -OCH3 is 1. The van der Waals surface area contributed by atoms with Crippen molar-refractivity contribution in [3.05, 3.63) is 47.9 Å². The predicted molar refractivity (Wildman–Crippen MR) is 117 cm³/mol. The molecule has 32 heavy (non-hydrogen) atoms. The Morgan fingerprint density at radius 3 is 2.16 bits per heavy atom. The molecule has 1 amide bonds.